The Morgan fingerprint density at radius 2 is 2.00 bits per heavy atom. The molecule has 0 aliphatic rings. The third-order valence-electron chi connectivity index (χ3n) is 3.38. The molecular weight excluding hydrogens is 261 g/mol. The lowest BCUT2D eigenvalue weighted by atomic mass is 9.99. The Bertz CT molecular complexity index is 368. The van der Waals surface area contributed by atoms with Crippen molar-refractivity contribution in [3.8, 4) is 0 Å². The number of nitrogens with one attached hydrogen (secondary N) is 1. The van der Waals surface area contributed by atoms with Gasteiger partial charge in [-0.3, -0.25) is 0 Å². The van der Waals surface area contributed by atoms with Crippen LogP contribution in [0.4, 0.5) is 4.39 Å². The van der Waals surface area contributed by atoms with Gasteiger partial charge >= 0.3 is 0 Å². The van der Waals surface area contributed by atoms with Gasteiger partial charge in [0.1, 0.15) is 5.82 Å². The van der Waals surface area contributed by atoms with Crippen LogP contribution in [-0.4, -0.2) is 12.6 Å². The van der Waals surface area contributed by atoms with Crippen molar-refractivity contribution in [1.82, 2.24) is 5.32 Å². The average Bonchev–Trinajstić information content (AvgIpc) is 2.38. The van der Waals surface area contributed by atoms with E-state index in [1.54, 1.807) is 12.1 Å². The van der Waals surface area contributed by atoms with Crippen LogP contribution in [0.2, 0.25) is 5.02 Å². The van der Waals surface area contributed by atoms with Crippen LogP contribution in [0.5, 0.6) is 0 Å². The lowest BCUT2D eigenvalue weighted by molar-refractivity contribution is 0.455. The molecule has 0 radical (unpaired) electrons. The first-order valence-electron chi connectivity index (χ1n) is 7.34. The summed E-state index contributed by atoms with van der Waals surface area (Å²) in [5.74, 6) is -0.191. The quantitative estimate of drug-likeness (QED) is 0.632. The zero-order valence-electron chi connectivity index (χ0n) is 12.0. The van der Waals surface area contributed by atoms with Gasteiger partial charge in [-0.15, -0.1) is 0 Å². The van der Waals surface area contributed by atoms with Crippen LogP contribution < -0.4 is 5.32 Å². The van der Waals surface area contributed by atoms with Gasteiger partial charge in [-0.2, -0.15) is 0 Å². The Morgan fingerprint density at radius 3 is 2.63 bits per heavy atom. The van der Waals surface area contributed by atoms with Gasteiger partial charge in [-0.1, -0.05) is 57.2 Å². The molecule has 0 aromatic heterocycles. The third-order valence-corrected chi connectivity index (χ3v) is 3.62. The molecule has 1 rings (SSSR count). The minimum atomic E-state index is -0.191. The molecule has 1 unspecified atom stereocenters. The molecule has 0 saturated carbocycles. The standard InChI is InChI=1S/C16H25ClFN/c1-3-5-6-7-8-15(19-4-2)11-13-9-10-14(17)12-16(13)18/h9-10,12,15,19H,3-8,11H2,1-2H3. The van der Waals surface area contributed by atoms with Crippen molar-refractivity contribution in [3.05, 3.63) is 34.6 Å². The summed E-state index contributed by atoms with van der Waals surface area (Å²) in [6.07, 6.45) is 6.85. The molecule has 0 spiro atoms. The number of hydrogen-bond acceptors (Lipinski definition) is 1. The van der Waals surface area contributed by atoms with E-state index in [1.807, 2.05) is 0 Å². The van der Waals surface area contributed by atoms with Crippen LogP contribution >= 0.6 is 11.6 Å². The van der Waals surface area contributed by atoms with E-state index >= 15 is 0 Å². The highest BCUT2D eigenvalue weighted by molar-refractivity contribution is 6.30. The maximum Gasteiger partial charge on any atom is 0.127 e. The summed E-state index contributed by atoms with van der Waals surface area (Å²) in [6, 6.07) is 5.32. The summed E-state index contributed by atoms with van der Waals surface area (Å²) in [7, 11) is 0. The number of hydrogen-bond donors (Lipinski definition) is 1. The third kappa shape index (κ3) is 6.40. The van der Waals surface area contributed by atoms with Gasteiger partial charge in [0.15, 0.2) is 0 Å². The fraction of sp³-hybridized carbons (Fsp3) is 0.625. The second-order valence-corrected chi connectivity index (χ2v) is 5.48. The molecule has 1 nitrogen and oxygen atoms in total. The number of likely N-dealkylation sites (N-methyl/N-ethyl adjacent to an activating group) is 1. The fourth-order valence-corrected chi connectivity index (χ4v) is 2.49. The monoisotopic (exact) mass is 285 g/mol. The van der Waals surface area contributed by atoms with Crippen molar-refractivity contribution in [3.63, 3.8) is 0 Å². The molecule has 1 aromatic rings. The minimum absolute atomic E-state index is 0.191. The minimum Gasteiger partial charge on any atom is -0.314 e. The Labute approximate surface area is 121 Å². The Balaban J connectivity index is 2.51. The van der Waals surface area contributed by atoms with Crippen LogP contribution in [0.3, 0.4) is 0 Å². The highest BCUT2D eigenvalue weighted by Crippen LogP contribution is 2.17. The molecule has 0 aliphatic carbocycles. The molecular formula is C16H25ClFN. The van der Waals surface area contributed by atoms with E-state index in [1.165, 1.54) is 31.7 Å². The molecule has 1 aromatic carbocycles. The van der Waals surface area contributed by atoms with E-state index < -0.39 is 0 Å². The largest absolute Gasteiger partial charge is 0.314 e. The zero-order chi connectivity index (χ0) is 14.1. The molecule has 108 valence electrons. The van der Waals surface area contributed by atoms with E-state index in [0.717, 1.165) is 24.9 Å². The van der Waals surface area contributed by atoms with Crippen LogP contribution in [0.15, 0.2) is 18.2 Å². The average molecular weight is 286 g/mol. The van der Waals surface area contributed by atoms with E-state index in [-0.39, 0.29) is 5.82 Å². The first-order valence-corrected chi connectivity index (χ1v) is 7.72. The van der Waals surface area contributed by atoms with Crippen LogP contribution in [0, 0.1) is 5.82 Å². The van der Waals surface area contributed by atoms with Gasteiger partial charge in [0, 0.05) is 11.1 Å². The number of rotatable bonds is 9. The van der Waals surface area contributed by atoms with Crippen molar-refractivity contribution in [2.24, 2.45) is 0 Å². The van der Waals surface area contributed by atoms with Crippen molar-refractivity contribution in [2.45, 2.75) is 58.4 Å². The Kier molecular flexibility index (Phi) is 8.08. The molecule has 3 heteroatoms. The summed E-state index contributed by atoms with van der Waals surface area (Å²) in [5.41, 5.74) is 0.755. The smallest absolute Gasteiger partial charge is 0.127 e. The van der Waals surface area contributed by atoms with Crippen molar-refractivity contribution >= 4 is 11.6 Å². The molecule has 19 heavy (non-hydrogen) atoms. The maximum absolute atomic E-state index is 13.8. The number of halogens is 2. The molecule has 0 fully saturated rings. The number of benzene rings is 1. The van der Waals surface area contributed by atoms with Crippen LogP contribution in [0.1, 0.15) is 51.5 Å². The highest BCUT2D eigenvalue weighted by atomic mass is 35.5. The lowest BCUT2D eigenvalue weighted by Crippen LogP contribution is -2.31. The summed E-state index contributed by atoms with van der Waals surface area (Å²) < 4.78 is 13.8. The lowest BCUT2D eigenvalue weighted by Gasteiger charge is -2.18. The highest BCUT2D eigenvalue weighted by Gasteiger charge is 2.11. The second-order valence-electron chi connectivity index (χ2n) is 5.04. The fourth-order valence-electron chi connectivity index (χ4n) is 2.34. The summed E-state index contributed by atoms with van der Waals surface area (Å²) in [5, 5.41) is 3.91. The molecule has 0 amide bonds. The van der Waals surface area contributed by atoms with E-state index in [9.17, 15) is 4.39 Å². The molecule has 0 saturated heterocycles. The van der Waals surface area contributed by atoms with Crippen LogP contribution in [-0.2, 0) is 6.42 Å². The van der Waals surface area contributed by atoms with Crippen molar-refractivity contribution < 1.29 is 4.39 Å². The summed E-state index contributed by atoms with van der Waals surface area (Å²) >= 11 is 5.78. The van der Waals surface area contributed by atoms with Gasteiger partial charge in [-0.25, -0.2) is 4.39 Å². The number of unbranched alkanes of at least 4 members (excludes halogenated alkanes) is 3. The van der Waals surface area contributed by atoms with Crippen LogP contribution in [0.25, 0.3) is 0 Å². The molecule has 1 atom stereocenters. The predicted molar refractivity (Wildman–Crippen MR) is 81.3 cm³/mol. The maximum atomic E-state index is 13.8. The van der Waals surface area contributed by atoms with Gasteiger partial charge in [0.25, 0.3) is 0 Å². The summed E-state index contributed by atoms with van der Waals surface area (Å²) in [4.78, 5) is 0. The SMILES string of the molecule is CCCCCCC(Cc1ccc(Cl)cc1F)NCC. The van der Waals surface area contributed by atoms with Gasteiger partial charge in [0.05, 0.1) is 0 Å². The predicted octanol–water partition coefficient (Wildman–Crippen LogP) is 4.97. The molecule has 0 aliphatic heterocycles. The van der Waals surface area contributed by atoms with Crippen molar-refractivity contribution in [1.29, 1.82) is 0 Å². The van der Waals surface area contributed by atoms with Gasteiger partial charge in [-0.05, 0) is 37.1 Å². The van der Waals surface area contributed by atoms with Crippen molar-refractivity contribution in [2.75, 3.05) is 6.54 Å². The van der Waals surface area contributed by atoms with E-state index in [0.29, 0.717) is 11.1 Å². The Morgan fingerprint density at radius 1 is 1.21 bits per heavy atom. The van der Waals surface area contributed by atoms with E-state index in [4.69, 9.17) is 11.6 Å². The van der Waals surface area contributed by atoms with Gasteiger partial charge in [0.2, 0.25) is 0 Å². The normalized spacial score (nSPS) is 12.6. The second kappa shape index (κ2) is 9.33. The molecule has 0 heterocycles. The first kappa shape index (κ1) is 16.5. The molecule has 1 N–H and O–H groups in total. The Hall–Kier alpha value is -0.600. The molecule has 0 bridgehead atoms. The van der Waals surface area contributed by atoms with Gasteiger partial charge < -0.3 is 5.32 Å². The first-order chi connectivity index (χ1) is 9.17. The zero-order valence-corrected chi connectivity index (χ0v) is 12.8. The summed E-state index contributed by atoms with van der Waals surface area (Å²) in [6.45, 7) is 5.23. The van der Waals surface area contributed by atoms with E-state index in [2.05, 4.69) is 19.2 Å². The topological polar surface area (TPSA) is 12.0 Å².